The van der Waals surface area contributed by atoms with Crippen molar-refractivity contribution in [2.45, 2.75) is 32.0 Å². The maximum atomic E-state index is 12.4. The van der Waals surface area contributed by atoms with Gasteiger partial charge in [0, 0.05) is 30.5 Å². The minimum Gasteiger partial charge on any atom is -0.497 e. The number of benzene rings is 1. The lowest BCUT2D eigenvalue weighted by atomic mass is 9.96. The summed E-state index contributed by atoms with van der Waals surface area (Å²) in [6, 6.07) is 7.10. The third-order valence-corrected chi connectivity index (χ3v) is 6.87. The van der Waals surface area contributed by atoms with Crippen molar-refractivity contribution >= 4 is 22.0 Å². The molecule has 9 heteroatoms. The summed E-state index contributed by atoms with van der Waals surface area (Å²) in [4.78, 5) is 24.5. The number of esters is 2. The highest BCUT2D eigenvalue weighted by Crippen LogP contribution is 2.40. The van der Waals surface area contributed by atoms with Crippen LogP contribution in [0.5, 0.6) is 5.75 Å². The molecule has 1 saturated carbocycles. The van der Waals surface area contributed by atoms with E-state index in [1.165, 1.54) is 10.6 Å². The first-order chi connectivity index (χ1) is 14.2. The Labute approximate surface area is 176 Å². The molecule has 0 spiro atoms. The van der Waals surface area contributed by atoms with Gasteiger partial charge in [-0.25, -0.2) is 17.5 Å². The number of nitrogens with zero attached hydrogens (tertiary/aromatic N) is 1. The fourth-order valence-electron chi connectivity index (χ4n) is 3.98. The second-order valence-electron chi connectivity index (χ2n) is 7.84. The zero-order chi connectivity index (χ0) is 21.9. The average molecular weight is 438 g/mol. The molecule has 2 bridgehead atoms. The van der Waals surface area contributed by atoms with Gasteiger partial charge in [-0.15, -0.1) is 0 Å². The number of rotatable bonds is 8. The van der Waals surface area contributed by atoms with Gasteiger partial charge in [0.15, 0.2) is 0 Å². The molecular formula is C21H27NO7S. The zero-order valence-corrected chi connectivity index (χ0v) is 18.0. The van der Waals surface area contributed by atoms with Crippen molar-refractivity contribution in [3.05, 3.63) is 42.0 Å². The van der Waals surface area contributed by atoms with E-state index in [0.717, 1.165) is 18.4 Å². The predicted octanol–water partition coefficient (Wildman–Crippen LogP) is 1.90. The van der Waals surface area contributed by atoms with Crippen molar-refractivity contribution in [3.63, 3.8) is 0 Å². The highest BCUT2D eigenvalue weighted by Gasteiger charge is 2.46. The molecule has 2 aliphatic rings. The van der Waals surface area contributed by atoms with Crippen molar-refractivity contribution in [2.24, 2.45) is 11.8 Å². The van der Waals surface area contributed by atoms with Crippen LogP contribution in [0.1, 0.15) is 24.8 Å². The molecule has 1 aromatic rings. The van der Waals surface area contributed by atoms with E-state index >= 15 is 0 Å². The SMILES string of the molecule is C=C(CC(=O)OCc1ccc(OC)cc1)C(=O)OC1[C@@H]2CC[C@H]1CN(S(C)(=O)=O)C2. The van der Waals surface area contributed by atoms with Gasteiger partial charge >= 0.3 is 11.9 Å². The van der Waals surface area contributed by atoms with Crippen LogP contribution in [0.25, 0.3) is 0 Å². The van der Waals surface area contributed by atoms with Crippen LogP contribution in [-0.4, -0.2) is 57.2 Å². The molecule has 3 atom stereocenters. The Morgan fingerprint density at radius 1 is 1.13 bits per heavy atom. The van der Waals surface area contributed by atoms with E-state index in [9.17, 15) is 18.0 Å². The maximum absolute atomic E-state index is 12.4. The van der Waals surface area contributed by atoms with Crippen LogP contribution < -0.4 is 4.74 Å². The molecule has 0 N–H and O–H groups in total. The van der Waals surface area contributed by atoms with Gasteiger partial charge < -0.3 is 14.2 Å². The van der Waals surface area contributed by atoms with E-state index < -0.39 is 22.0 Å². The molecule has 30 heavy (non-hydrogen) atoms. The van der Waals surface area contributed by atoms with Gasteiger partial charge in [-0.3, -0.25) is 4.79 Å². The third-order valence-electron chi connectivity index (χ3n) is 5.63. The molecule has 0 radical (unpaired) electrons. The second kappa shape index (κ2) is 9.18. The molecule has 3 rings (SSSR count). The molecule has 1 heterocycles. The zero-order valence-electron chi connectivity index (χ0n) is 17.2. The van der Waals surface area contributed by atoms with Gasteiger partial charge in [-0.05, 0) is 30.5 Å². The molecule has 164 valence electrons. The number of hydrogen-bond donors (Lipinski definition) is 0. The van der Waals surface area contributed by atoms with E-state index in [-0.39, 0.29) is 36.5 Å². The molecule has 8 nitrogen and oxygen atoms in total. The summed E-state index contributed by atoms with van der Waals surface area (Å²) in [6.45, 7) is 4.45. The predicted molar refractivity (Wildman–Crippen MR) is 109 cm³/mol. The lowest BCUT2D eigenvalue weighted by Gasteiger charge is -2.36. The average Bonchev–Trinajstić information content (AvgIpc) is 2.92. The summed E-state index contributed by atoms with van der Waals surface area (Å²) >= 11 is 0. The third kappa shape index (κ3) is 5.40. The van der Waals surface area contributed by atoms with E-state index in [0.29, 0.717) is 18.8 Å². The highest BCUT2D eigenvalue weighted by atomic mass is 32.2. The smallest absolute Gasteiger partial charge is 0.334 e. The van der Waals surface area contributed by atoms with Crippen molar-refractivity contribution in [3.8, 4) is 5.75 Å². The molecule has 1 aromatic carbocycles. The number of hydrogen-bond acceptors (Lipinski definition) is 7. The number of sulfonamides is 1. The van der Waals surface area contributed by atoms with Crippen LogP contribution in [0.2, 0.25) is 0 Å². The van der Waals surface area contributed by atoms with Gasteiger partial charge in [0.1, 0.15) is 18.5 Å². The van der Waals surface area contributed by atoms with Crippen LogP contribution in [0, 0.1) is 11.8 Å². The Kier molecular flexibility index (Phi) is 6.82. The Morgan fingerprint density at radius 2 is 1.73 bits per heavy atom. The largest absolute Gasteiger partial charge is 0.497 e. The molecule has 0 amide bonds. The summed E-state index contributed by atoms with van der Waals surface area (Å²) in [6.07, 6.45) is 2.21. The Hall–Kier alpha value is -2.39. The Morgan fingerprint density at radius 3 is 2.27 bits per heavy atom. The number of piperidine rings is 1. The fourth-order valence-corrected chi connectivity index (χ4v) is 4.91. The number of fused-ring (bicyclic) bond motifs is 2. The van der Waals surface area contributed by atoms with Crippen molar-refractivity contribution < 1.29 is 32.2 Å². The van der Waals surface area contributed by atoms with Crippen molar-refractivity contribution in [2.75, 3.05) is 26.5 Å². The van der Waals surface area contributed by atoms with E-state index in [2.05, 4.69) is 6.58 Å². The van der Waals surface area contributed by atoms with E-state index in [1.807, 2.05) is 0 Å². The summed E-state index contributed by atoms with van der Waals surface area (Å²) in [5.41, 5.74) is 0.825. The molecule has 0 aromatic heterocycles. The summed E-state index contributed by atoms with van der Waals surface area (Å²) in [7, 11) is -1.69. The van der Waals surface area contributed by atoms with Gasteiger partial charge in [0.25, 0.3) is 0 Å². The minimum atomic E-state index is -3.26. The number of methoxy groups -OCH3 is 1. The molecule has 1 unspecified atom stereocenters. The van der Waals surface area contributed by atoms with Crippen LogP contribution in [0.4, 0.5) is 0 Å². The monoisotopic (exact) mass is 437 g/mol. The minimum absolute atomic E-state index is 0.0275. The highest BCUT2D eigenvalue weighted by molar-refractivity contribution is 7.88. The first-order valence-electron chi connectivity index (χ1n) is 9.80. The summed E-state index contributed by atoms with van der Waals surface area (Å²) < 4.78 is 40.9. The van der Waals surface area contributed by atoms with E-state index in [4.69, 9.17) is 14.2 Å². The van der Waals surface area contributed by atoms with E-state index in [1.54, 1.807) is 31.4 Å². The standard InChI is InChI=1S/C21H27NO7S/c1-14(10-19(23)28-13-15-4-8-18(27-2)9-5-15)21(24)29-20-16-6-7-17(20)12-22(11-16)30(3,25)26/h4-5,8-9,16-17,20H,1,6-7,10-13H2,2-3H3/t16-,17+,20?. The van der Waals surface area contributed by atoms with Gasteiger partial charge in [0.05, 0.1) is 19.8 Å². The molecular weight excluding hydrogens is 410 g/mol. The van der Waals surface area contributed by atoms with Crippen LogP contribution in [0.3, 0.4) is 0 Å². The Bertz CT molecular complexity index is 896. The first-order valence-corrected chi connectivity index (χ1v) is 11.6. The number of carbonyl (C=O) groups excluding carboxylic acids is 2. The topological polar surface area (TPSA) is 99.2 Å². The van der Waals surface area contributed by atoms with Crippen LogP contribution in [-0.2, 0) is 35.7 Å². The normalized spacial score (nSPS) is 23.6. The summed E-state index contributed by atoms with van der Waals surface area (Å²) in [5.74, 6) is -0.555. The van der Waals surface area contributed by atoms with Gasteiger partial charge in [-0.1, -0.05) is 18.7 Å². The van der Waals surface area contributed by atoms with Gasteiger partial charge in [0.2, 0.25) is 10.0 Å². The Balaban J connectivity index is 1.46. The molecule has 1 aliphatic heterocycles. The lowest BCUT2D eigenvalue weighted by molar-refractivity contribution is -0.153. The lowest BCUT2D eigenvalue weighted by Crippen LogP contribution is -2.48. The number of ether oxygens (including phenoxy) is 3. The van der Waals surface area contributed by atoms with Crippen molar-refractivity contribution in [1.29, 1.82) is 0 Å². The number of carbonyl (C=O) groups is 2. The summed E-state index contributed by atoms with van der Waals surface area (Å²) in [5, 5.41) is 0. The van der Waals surface area contributed by atoms with Crippen molar-refractivity contribution in [1.82, 2.24) is 4.31 Å². The molecule has 1 saturated heterocycles. The van der Waals surface area contributed by atoms with Gasteiger partial charge in [-0.2, -0.15) is 0 Å². The first kappa shape index (κ1) is 22.3. The fraction of sp³-hybridized carbons (Fsp3) is 0.524. The molecule has 2 fully saturated rings. The quantitative estimate of drug-likeness (QED) is 0.452. The van der Waals surface area contributed by atoms with Crippen LogP contribution in [0.15, 0.2) is 36.4 Å². The second-order valence-corrected chi connectivity index (χ2v) is 9.82. The maximum Gasteiger partial charge on any atom is 0.334 e. The molecule has 1 aliphatic carbocycles. The van der Waals surface area contributed by atoms with Crippen LogP contribution >= 0.6 is 0 Å².